The number of amides is 2. The van der Waals surface area contributed by atoms with Gasteiger partial charge in [0.1, 0.15) is 5.54 Å². The van der Waals surface area contributed by atoms with Gasteiger partial charge in [0.25, 0.3) is 5.91 Å². The van der Waals surface area contributed by atoms with Crippen molar-refractivity contribution < 1.29 is 9.59 Å². The van der Waals surface area contributed by atoms with Crippen LogP contribution in [0.5, 0.6) is 0 Å². The molecule has 1 aliphatic carbocycles. The van der Waals surface area contributed by atoms with Crippen LogP contribution in [0.2, 0.25) is 0 Å². The van der Waals surface area contributed by atoms with Crippen LogP contribution in [0.3, 0.4) is 0 Å². The van der Waals surface area contributed by atoms with Gasteiger partial charge >= 0.3 is 0 Å². The molecule has 0 saturated heterocycles. The van der Waals surface area contributed by atoms with Crippen molar-refractivity contribution in [1.29, 1.82) is 0 Å². The van der Waals surface area contributed by atoms with Crippen molar-refractivity contribution in [3.8, 4) is 0 Å². The van der Waals surface area contributed by atoms with Crippen molar-refractivity contribution >= 4 is 22.8 Å². The van der Waals surface area contributed by atoms with Gasteiger partial charge in [-0.2, -0.15) is 0 Å². The van der Waals surface area contributed by atoms with Gasteiger partial charge in [0.2, 0.25) is 5.91 Å². The summed E-state index contributed by atoms with van der Waals surface area (Å²) in [5.74, 6) is 0.917. The summed E-state index contributed by atoms with van der Waals surface area (Å²) in [4.78, 5) is 35.4. The summed E-state index contributed by atoms with van der Waals surface area (Å²) in [7, 11) is 3.95. The number of imidazole rings is 1. The Bertz CT molecular complexity index is 944. The van der Waals surface area contributed by atoms with Crippen LogP contribution in [-0.4, -0.2) is 69.9 Å². The maximum absolute atomic E-state index is 13.6. The molecule has 1 saturated carbocycles. The van der Waals surface area contributed by atoms with E-state index in [1.54, 1.807) is 4.90 Å². The van der Waals surface area contributed by atoms with E-state index < -0.39 is 5.54 Å². The molecule has 7 heteroatoms. The fourth-order valence-electron chi connectivity index (χ4n) is 4.72. The third kappa shape index (κ3) is 3.71. The fraction of sp³-hybridized carbons (Fsp3) is 0.609. The Balaban J connectivity index is 1.67. The number of fused-ring (bicyclic) bond motifs is 3. The molecular weight excluding hydrogens is 378 g/mol. The van der Waals surface area contributed by atoms with Gasteiger partial charge in [-0.3, -0.25) is 9.59 Å². The lowest BCUT2D eigenvalue weighted by Gasteiger charge is -2.44. The van der Waals surface area contributed by atoms with E-state index in [4.69, 9.17) is 0 Å². The van der Waals surface area contributed by atoms with Crippen LogP contribution < -0.4 is 5.32 Å². The van der Waals surface area contributed by atoms with Crippen LogP contribution in [0.25, 0.3) is 11.0 Å². The maximum Gasteiger partial charge on any atom is 0.290 e. The van der Waals surface area contributed by atoms with Crippen molar-refractivity contribution in [1.82, 2.24) is 24.7 Å². The second kappa shape index (κ2) is 8.02. The number of likely N-dealkylation sites (N-methyl/N-ethyl adjacent to an activating group) is 1. The molecule has 30 heavy (non-hydrogen) atoms. The zero-order chi connectivity index (χ0) is 21.5. The molecule has 0 bridgehead atoms. The molecule has 1 aromatic heterocycles. The lowest BCUT2D eigenvalue weighted by Crippen LogP contribution is -2.65. The Morgan fingerprint density at radius 1 is 1.23 bits per heavy atom. The van der Waals surface area contributed by atoms with E-state index in [1.807, 2.05) is 54.8 Å². The molecule has 2 heterocycles. The molecule has 2 aromatic rings. The molecule has 1 atom stereocenters. The summed E-state index contributed by atoms with van der Waals surface area (Å²) in [6.45, 7) is 5.76. The van der Waals surface area contributed by atoms with Crippen molar-refractivity contribution in [3.05, 3.63) is 30.1 Å². The Kier molecular flexibility index (Phi) is 5.57. The summed E-state index contributed by atoms with van der Waals surface area (Å²) >= 11 is 0. The minimum Gasteiger partial charge on any atom is -0.351 e. The molecule has 7 nitrogen and oxygen atoms in total. The average Bonchev–Trinajstić information content (AvgIpc) is 3.08. The smallest absolute Gasteiger partial charge is 0.290 e. The molecule has 162 valence electrons. The highest BCUT2D eigenvalue weighted by molar-refractivity contribution is 6.01. The minimum atomic E-state index is -0.952. The molecular formula is C23H33N5O2. The maximum atomic E-state index is 13.6. The van der Waals surface area contributed by atoms with Crippen molar-refractivity contribution in [2.24, 2.45) is 5.92 Å². The molecule has 1 N–H and O–H groups in total. The second-order valence-electron chi connectivity index (χ2n) is 9.47. The van der Waals surface area contributed by atoms with Crippen molar-refractivity contribution in [3.63, 3.8) is 0 Å². The number of benzene rings is 1. The van der Waals surface area contributed by atoms with Gasteiger partial charge in [0, 0.05) is 19.1 Å². The third-order valence-corrected chi connectivity index (χ3v) is 6.76. The second-order valence-corrected chi connectivity index (χ2v) is 9.47. The van der Waals surface area contributed by atoms with Gasteiger partial charge in [-0.25, -0.2) is 4.98 Å². The summed E-state index contributed by atoms with van der Waals surface area (Å²) in [6.07, 6.45) is 4.30. The summed E-state index contributed by atoms with van der Waals surface area (Å²) in [6, 6.07) is 7.94. The first-order valence-corrected chi connectivity index (χ1v) is 11.0. The minimum absolute atomic E-state index is 0.0578. The molecule has 2 aliphatic rings. The van der Waals surface area contributed by atoms with E-state index in [0.717, 1.165) is 42.6 Å². The molecule has 1 aliphatic heterocycles. The van der Waals surface area contributed by atoms with Crippen LogP contribution >= 0.6 is 0 Å². The lowest BCUT2D eigenvalue weighted by atomic mass is 9.86. The van der Waals surface area contributed by atoms with E-state index in [-0.39, 0.29) is 17.9 Å². The fourth-order valence-corrected chi connectivity index (χ4v) is 4.72. The molecule has 2 amide bonds. The van der Waals surface area contributed by atoms with Gasteiger partial charge in [0.05, 0.1) is 17.6 Å². The summed E-state index contributed by atoms with van der Waals surface area (Å²) in [5, 5.41) is 3.28. The zero-order valence-corrected chi connectivity index (χ0v) is 18.5. The number of nitrogens with one attached hydrogen (secondary N) is 1. The summed E-state index contributed by atoms with van der Waals surface area (Å²) < 4.78 is 1.92. The van der Waals surface area contributed by atoms with E-state index >= 15 is 0 Å². The number of aromatic nitrogens is 2. The molecule has 0 radical (unpaired) electrons. The van der Waals surface area contributed by atoms with Crippen molar-refractivity contribution in [2.45, 2.75) is 57.7 Å². The first-order chi connectivity index (χ1) is 14.3. The number of hydrogen-bond donors (Lipinski definition) is 1. The quantitative estimate of drug-likeness (QED) is 0.821. The number of rotatable bonds is 5. The predicted molar refractivity (Wildman–Crippen MR) is 117 cm³/mol. The third-order valence-electron chi connectivity index (χ3n) is 6.76. The van der Waals surface area contributed by atoms with Gasteiger partial charge in [-0.1, -0.05) is 19.1 Å². The van der Waals surface area contributed by atoms with Gasteiger partial charge in [-0.05, 0) is 64.8 Å². The molecule has 4 rings (SSSR count). The molecule has 1 fully saturated rings. The van der Waals surface area contributed by atoms with E-state index in [0.29, 0.717) is 25.5 Å². The van der Waals surface area contributed by atoms with Crippen LogP contribution in [0.1, 0.15) is 50.1 Å². The van der Waals surface area contributed by atoms with E-state index in [2.05, 4.69) is 17.2 Å². The highest BCUT2D eigenvalue weighted by Gasteiger charge is 2.48. The van der Waals surface area contributed by atoms with Crippen molar-refractivity contribution in [2.75, 3.05) is 27.2 Å². The number of carbonyl (C=O) groups excluding carboxylic acids is 2. The van der Waals surface area contributed by atoms with Gasteiger partial charge in [-0.15, -0.1) is 0 Å². The molecule has 0 spiro atoms. The number of para-hydroxylation sites is 2. The Morgan fingerprint density at radius 3 is 2.63 bits per heavy atom. The standard InChI is InChI=1S/C23H33N5O2/c1-16-9-11-17(12-10-16)24-22(30)23(2)15-27-19-8-6-5-7-18(19)25-20(27)21(29)28(23)14-13-26(3)4/h5-8,16-17H,9-15H2,1-4H3,(H,24,30). The highest BCUT2D eigenvalue weighted by atomic mass is 16.2. The number of carbonyl (C=O) groups is 2. The average molecular weight is 412 g/mol. The summed E-state index contributed by atoms with van der Waals surface area (Å²) in [5.41, 5.74) is 0.741. The Labute approximate surface area is 178 Å². The number of nitrogens with zero attached hydrogens (tertiary/aromatic N) is 4. The van der Waals surface area contributed by atoms with E-state index in [9.17, 15) is 9.59 Å². The Hall–Kier alpha value is -2.41. The topological polar surface area (TPSA) is 70.5 Å². The van der Waals surface area contributed by atoms with E-state index in [1.165, 1.54) is 0 Å². The highest BCUT2D eigenvalue weighted by Crippen LogP contribution is 2.31. The lowest BCUT2D eigenvalue weighted by molar-refractivity contribution is -0.134. The predicted octanol–water partition coefficient (Wildman–Crippen LogP) is 2.51. The number of hydrogen-bond acceptors (Lipinski definition) is 4. The first-order valence-electron chi connectivity index (χ1n) is 11.0. The monoisotopic (exact) mass is 411 g/mol. The Morgan fingerprint density at radius 2 is 1.93 bits per heavy atom. The zero-order valence-electron chi connectivity index (χ0n) is 18.5. The van der Waals surface area contributed by atoms with Crippen LogP contribution in [-0.2, 0) is 11.3 Å². The SMILES string of the molecule is CC1CCC(NC(=O)C2(C)Cn3c(nc4ccccc43)C(=O)N2CCN(C)C)CC1. The van der Waals surface area contributed by atoms with Gasteiger partial charge in [0.15, 0.2) is 5.82 Å². The largest absolute Gasteiger partial charge is 0.351 e. The van der Waals surface area contributed by atoms with Crippen LogP contribution in [0.15, 0.2) is 24.3 Å². The van der Waals surface area contributed by atoms with Gasteiger partial charge < -0.3 is 19.7 Å². The van der Waals surface area contributed by atoms with Crippen LogP contribution in [0, 0.1) is 5.92 Å². The normalized spacial score (nSPS) is 26.8. The molecule has 1 unspecified atom stereocenters. The van der Waals surface area contributed by atoms with Crippen LogP contribution in [0.4, 0.5) is 0 Å². The molecule has 1 aromatic carbocycles. The first kappa shape index (κ1) is 20.8.